The van der Waals surface area contributed by atoms with Crippen LogP contribution < -0.4 is 5.32 Å². The predicted molar refractivity (Wildman–Crippen MR) is 143 cm³/mol. The Kier molecular flexibility index (Phi) is 6.66. The number of hydrazine groups is 1. The molecule has 3 aliphatic heterocycles. The normalized spacial score (nSPS) is 18.7. The van der Waals surface area contributed by atoms with Crippen molar-refractivity contribution < 1.29 is 14.4 Å². The second kappa shape index (κ2) is 10.4. The van der Waals surface area contributed by atoms with Gasteiger partial charge in [-0.2, -0.15) is 0 Å². The van der Waals surface area contributed by atoms with Crippen LogP contribution in [-0.4, -0.2) is 70.4 Å². The second-order valence-electron chi connectivity index (χ2n) is 10.1. The van der Waals surface area contributed by atoms with E-state index in [9.17, 15) is 14.4 Å². The molecular weight excluding hydrogens is 478 g/mol. The van der Waals surface area contributed by atoms with Crippen LogP contribution >= 0.6 is 0 Å². The number of hydrogen-bond acceptors (Lipinski definition) is 5. The second-order valence-corrected chi connectivity index (χ2v) is 10.1. The van der Waals surface area contributed by atoms with Gasteiger partial charge in [0.1, 0.15) is 0 Å². The van der Waals surface area contributed by atoms with Crippen LogP contribution in [0.3, 0.4) is 0 Å². The number of amides is 4. The molecule has 0 unspecified atom stereocenters. The highest BCUT2D eigenvalue weighted by atomic mass is 16.2. The molecule has 0 aromatic heterocycles. The Hall–Kier alpha value is -4.01. The number of fused-ring (bicyclic) bond motifs is 1. The summed E-state index contributed by atoms with van der Waals surface area (Å²) in [5, 5.41) is 5.09. The minimum absolute atomic E-state index is 0.193. The third kappa shape index (κ3) is 4.80. The van der Waals surface area contributed by atoms with Crippen molar-refractivity contribution in [3.63, 3.8) is 0 Å². The van der Waals surface area contributed by atoms with Crippen LogP contribution in [0.25, 0.3) is 0 Å². The number of nitrogens with one attached hydrogen (secondary N) is 1. The molecule has 0 radical (unpaired) electrons. The van der Waals surface area contributed by atoms with Crippen LogP contribution in [0.2, 0.25) is 0 Å². The summed E-state index contributed by atoms with van der Waals surface area (Å²) in [7, 11) is 0. The molecule has 8 heteroatoms. The van der Waals surface area contributed by atoms with Gasteiger partial charge in [-0.05, 0) is 28.3 Å². The molecule has 0 spiro atoms. The van der Waals surface area contributed by atoms with Crippen molar-refractivity contribution >= 4 is 17.8 Å². The highest BCUT2D eigenvalue weighted by molar-refractivity contribution is 6.01. The zero-order valence-electron chi connectivity index (χ0n) is 21.3. The third-order valence-electron chi connectivity index (χ3n) is 7.69. The zero-order chi connectivity index (χ0) is 26.1. The summed E-state index contributed by atoms with van der Waals surface area (Å²) in [5.74, 6) is -0.505. The van der Waals surface area contributed by atoms with Gasteiger partial charge in [0.25, 0.3) is 5.91 Å². The molecule has 8 nitrogen and oxygen atoms in total. The molecule has 194 valence electrons. The Morgan fingerprint density at radius 3 is 2.03 bits per heavy atom. The maximum atomic E-state index is 13.0. The summed E-state index contributed by atoms with van der Waals surface area (Å²) in [5.41, 5.74) is 5.33. The molecule has 0 bridgehead atoms. The van der Waals surface area contributed by atoms with Crippen molar-refractivity contribution in [1.82, 2.24) is 25.1 Å². The quantitative estimate of drug-likeness (QED) is 0.551. The van der Waals surface area contributed by atoms with Gasteiger partial charge in [-0.3, -0.25) is 24.7 Å². The summed E-state index contributed by atoms with van der Waals surface area (Å²) < 4.78 is 0. The predicted octanol–water partition coefficient (Wildman–Crippen LogP) is 3.41. The Balaban J connectivity index is 1.11. The molecule has 38 heavy (non-hydrogen) atoms. The number of urea groups is 1. The fourth-order valence-corrected chi connectivity index (χ4v) is 5.76. The molecule has 3 aromatic rings. The first-order valence-corrected chi connectivity index (χ1v) is 13.2. The van der Waals surface area contributed by atoms with Crippen LogP contribution in [0.1, 0.15) is 45.1 Å². The van der Waals surface area contributed by atoms with Crippen molar-refractivity contribution in [2.24, 2.45) is 0 Å². The Morgan fingerprint density at radius 1 is 0.737 bits per heavy atom. The lowest BCUT2D eigenvalue weighted by atomic mass is 9.96. The largest absolute Gasteiger partial charge is 0.342 e. The number of hydrogen-bond donors (Lipinski definition) is 1. The molecule has 1 N–H and O–H groups in total. The molecule has 0 saturated carbocycles. The Bertz CT molecular complexity index is 1300. The molecule has 2 fully saturated rings. The van der Waals surface area contributed by atoms with E-state index in [1.807, 2.05) is 12.1 Å². The number of carbonyl (C=O) groups is 3. The summed E-state index contributed by atoms with van der Waals surface area (Å²) in [4.78, 5) is 41.8. The lowest BCUT2D eigenvalue weighted by molar-refractivity contribution is -0.123. The standard InChI is InChI=1S/C30H31N5O3/c36-27-13-14-34(30(38)31-27)35-21-25-19-22(11-12-26(25)29(35)37)20-32-15-17-33(18-16-32)28(23-7-3-1-4-8-23)24-9-5-2-6-10-24/h1-12,19,28H,13-18,20-21H2,(H,31,36,38). The monoisotopic (exact) mass is 509 g/mol. The van der Waals surface area contributed by atoms with E-state index in [4.69, 9.17) is 0 Å². The van der Waals surface area contributed by atoms with E-state index < -0.39 is 6.03 Å². The summed E-state index contributed by atoms with van der Waals surface area (Å²) >= 11 is 0. The van der Waals surface area contributed by atoms with Gasteiger partial charge in [0, 0.05) is 44.7 Å². The first-order chi connectivity index (χ1) is 18.6. The van der Waals surface area contributed by atoms with Gasteiger partial charge in [0.2, 0.25) is 5.91 Å². The fraction of sp³-hybridized carbons (Fsp3) is 0.300. The van der Waals surface area contributed by atoms with Gasteiger partial charge in [-0.25, -0.2) is 14.8 Å². The first kappa shape index (κ1) is 24.3. The molecule has 6 rings (SSSR count). The SMILES string of the molecule is O=C1CCN(N2Cc3cc(CN4CCN(C(c5ccccc5)c5ccccc5)CC4)ccc3C2=O)C(=O)N1. The van der Waals surface area contributed by atoms with Crippen molar-refractivity contribution in [1.29, 1.82) is 0 Å². The zero-order valence-corrected chi connectivity index (χ0v) is 21.3. The number of nitrogens with zero attached hydrogens (tertiary/aromatic N) is 4. The van der Waals surface area contributed by atoms with Crippen LogP contribution in [0.4, 0.5) is 4.79 Å². The Morgan fingerprint density at radius 2 is 1.39 bits per heavy atom. The molecule has 3 heterocycles. The minimum Gasteiger partial charge on any atom is -0.297 e. The lowest BCUT2D eigenvalue weighted by Gasteiger charge is -2.40. The minimum atomic E-state index is -0.537. The number of imide groups is 1. The smallest absolute Gasteiger partial charge is 0.297 e. The maximum Gasteiger partial charge on any atom is 0.342 e. The topological polar surface area (TPSA) is 76.2 Å². The van der Waals surface area contributed by atoms with Crippen molar-refractivity contribution in [2.75, 3.05) is 32.7 Å². The van der Waals surface area contributed by atoms with Crippen molar-refractivity contribution in [3.05, 3.63) is 107 Å². The highest BCUT2D eigenvalue weighted by Crippen LogP contribution is 2.30. The molecule has 0 aliphatic carbocycles. The maximum absolute atomic E-state index is 13.0. The summed E-state index contributed by atoms with van der Waals surface area (Å²) in [6.07, 6.45) is 0.193. The van der Waals surface area contributed by atoms with Gasteiger partial charge in [-0.15, -0.1) is 0 Å². The number of piperazine rings is 1. The highest BCUT2D eigenvalue weighted by Gasteiger charge is 2.37. The van der Waals surface area contributed by atoms with Gasteiger partial charge >= 0.3 is 6.03 Å². The van der Waals surface area contributed by atoms with Gasteiger partial charge in [0.15, 0.2) is 0 Å². The molecule has 3 aliphatic rings. The van der Waals surface area contributed by atoms with Crippen molar-refractivity contribution in [2.45, 2.75) is 25.6 Å². The average Bonchev–Trinajstić information content (AvgIpc) is 3.26. The third-order valence-corrected chi connectivity index (χ3v) is 7.69. The molecule has 2 saturated heterocycles. The van der Waals surface area contributed by atoms with E-state index in [0.717, 1.165) is 43.9 Å². The van der Waals surface area contributed by atoms with E-state index in [1.165, 1.54) is 21.1 Å². The van der Waals surface area contributed by atoms with Crippen LogP contribution in [0.15, 0.2) is 78.9 Å². The van der Waals surface area contributed by atoms with E-state index in [2.05, 4.69) is 81.8 Å². The van der Waals surface area contributed by atoms with Crippen molar-refractivity contribution in [3.8, 4) is 0 Å². The van der Waals surface area contributed by atoms with Gasteiger partial charge in [-0.1, -0.05) is 72.8 Å². The van der Waals surface area contributed by atoms with E-state index in [-0.39, 0.29) is 30.8 Å². The summed E-state index contributed by atoms with van der Waals surface area (Å²) in [6, 6.07) is 27.1. The average molecular weight is 510 g/mol. The number of rotatable bonds is 6. The molecule has 4 amide bonds. The molecule has 0 atom stereocenters. The van der Waals surface area contributed by atoms with E-state index in [1.54, 1.807) is 0 Å². The Labute approximate surface area is 222 Å². The first-order valence-electron chi connectivity index (χ1n) is 13.2. The molecule has 3 aromatic carbocycles. The van der Waals surface area contributed by atoms with Gasteiger partial charge in [0.05, 0.1) is 19.1 Å². The number of carbonyl (C=O) groups excluding carboxylic acids is 3. The summed E-state index contributed by atoms with van der Waals surface area (Å²) in [6.45, 7) is 5.22. The molecular formula is C30H31N5O3. The lowest BCUT2D eigenvalue weighted by Crippen LogP contribution is -2.56. The van der Waals surface area contributed by atoms with Crippen LogP contribution in [0.5, 0.6) is 0 Å². The fourth-order valence-electron chi connectivity index (χ4n) is 5.76. The van der Waals surface area contributed by atoms with Crippen LogP contribution in [0, 0.1) is 0 Å². The van der Waals surface area contributed by atoms with Gasteiger partial charge < -0.3 is 0 Å². The van der Waals surface area contributed by atoms with E-state index in [0.29, 0.717) is 12.1 Å². The number of benzene rings is 3. The van der Waals surface area contributed by atoms with E-state index >= 15 is 0 Å². The van der Waals surface area contributed by atoms with Crippen LogP contribution in [-0.2, 0) is 17.9 Å².